The van der Waals surface area contributed by atoms with Gasteiger partial charge in [0.1, 0.15) is 6.04 Å². The number of aryl methyl sites for hydroxylation is 2. The Kier molecular flexibility index (Phi) is 4.99. The number of anilines is 1. The fraction of sp³-hybridized carbons (Fsp3) is 0.130. The molecule has 0 bridgehead atoms. The highest BCUT2D eigenvalue weighted by molar-refractivity contribution is 5.50. The summed E-state index contributed by atoms with van der Waals surface area (Å²) in [6.07, 6.45) is 0. The quantitative estimate of drug-likeness (QED) is 0.629. The minimum Gasteiger partial charge on any atom is -0.368 e. The molecule has 0 saturated heterocycles. The first-order valence-electron chi connectivity index (χ1n) is 8.17. The summed E-state index contributed by atoms with van der Waals surface area (Å²) in [5.41, 5.74) is 5.81. The van der Waals surface area contributed by atoms with Gasteiger partial charge in [-0.1, -0.05) is 77.6 Å². The molecule has 0 aromatic heterocycles. The second-order valence-corrected chi connectivity index (χ2v) is 6.00. The van der Waals surface area contributed by atoms with Crippen LogP contribution in [0.4, 0.5) is 5.69 Å². The Bertz CT molecular complexity index is 835. The Morgan fingerprint density at radius 1 is 0.750 bits per heavy atom. The third kappa shape index (κ3) is 4.27. The molecule has 0 radical (unpaired) electrons. The molecule has 3 rings (SSSR count). The zero-order valence-electron chi connectivity index (χ0n) is 14.1. The van der Waals surface area contributed by atoms with Gasteiger partial charge in [-0.05, 0) is 43.7 Å². The summed E-state index contributed by atoms with van der Waals surface area (Å²) in [4.78, 5) is 0. The van der Waals surface area contributed by atoms with Crippen LogP contribution in [0, 0.1) is 25.7 Å². The van der Waals surface area contributed by atoms with Crippen LogP contribution in [-0.4, -0.2) is 0 Å². The van der Waals surface area contributed by atoms with Crippen molar-refractivity contribution in [3.63, 3.8) is 0 Å². The smallest absolute Gasteiger partial charge is 0.114 e. The monoisotopic (exact) mass is 311 g/mol. The van der Waals surface area contributed by atoms with Gasteiger partial charge in [0.2, 0.25) is 0 Å². The largest absolute Gasteiger partial charge is 0.368 e. The highest BCUT2D eigenvalue weighted by atomic mass is 14.9. The molecule has 0 fully saturated rings. The van der Waals surface area contributed by atoms with E-state index < -0.39 is 0 Å². The van der Waals surface area contributed by atoms with Crippen molar-refractivity contribution < 1.29 is 0 Å². The molecule has 24 heavy (non-hydrogen) atoms. The Balaban J connectivity index is 1.96. The van der Waals surface area contributed by atoms with Crippen molar-refractivity contribution >= 4 is 5.69 Å². The van der Waals surface area contributed by atoms with Crippen LogP contribution in [0.1, 0.15) is 28.3 Å². The van der Waals surface area contributed by atoms with Crippen molar-refractivity contribution in [2.75, 3.05) is 5.32 Å². The summed E-state index contributed by atoms with van der Waals surface area (Å²) in [5.74, 6) is 6.68. The van der Waals surface area contributed by atoms with Crippen molar-refractivity contribution in [2.45, 2.75) is 19.9 Å². The van der Waals surface area contributed by atoms with Crippen molar-refractivity contribution in [1.82, 2.24) is 0 Å². The second kappa shape index (κ2) is 7.53. The van der Waals surface area contributed by atoms with Crippen LogP contribution in [0.5, 0.6) is 0 Å². The summed E-state index contributed by atoms with van der Waals surface area (Å²) < 4.78 is 0. The normalized spacial score (nSPS) is 11.2. The third-order valence-electron chi connectivity index (χ3n) is 3.80. The number of para-hydroxylation sites is 1. The Hall–Kier alpha value is -2.98. The van der Waals surface area contributed by atoms with Gasteiger partial charge in [0.15, 0.2) is 0 Å². The molecule has 0 aliphatic heterocycles. The van der Waals surface area contributed by atoms with Gasteiger partial charge in [0.25, 0.3) is 0 Å². The van der Waals surface area contributed by atoms with Crippen LogP contribution in [0.15, 0.2) is 78.9 Å². The zero-order valence-corrected chi connectivity index (χ0v) is 14.1. The molecule has 3 aromatic carbocycles. The third-order valence-corrected chi connectivity index (χ3v) is 3.80. The summed E-state index contributed by atoms with van der Waals surface area (Å²) in [5, 5.41) is 3.55. The molecule has 1 nitrogen and oxygen atoms in total. The summed E-state index contributed by atoms with van der Waals surface area (Å²) in [7, 11) is 0. The van der Waals surface area contributed by atoms with Crippen LogP contribution < -0.4 is 5.32 Å². The van der Waals surface area contributed by atoms with Crippen LogP contribution in [-0.2, 0) is 0 Å². The first-order chi connectivity index (χ1) is 11.7. The molecular weight excluding hydrogens is 290 g/mol. The van der Waals surface area contributed by atoms with Gasteiger partial charge in [0, 0.05) is 11.3 Å². The van der Waals surface area contributed by atoms with Crippen LogP contribution in [0.3, 0.4) is 0 Å². The fourth-order valence-electron chi connectivity index (χ4n) is 2.76. The van der Waals surface area contributed by atoms with E-state index >= 15 is 0 Å². The molecule has 1 N–H and O–H groups in total. The minimum atomic E-state index is -0.0498. The highest BCUT2D eigenvalue weighted by Crippen LogP contribution is 2.21. The molecule has 0 heterocycles. The SMILES string of the molecule is Cc1cc(C)cc([C@H](C#Cc2ccccc2)Nc2ccccc2)c1. The molecule has 0 unspecified atom stereocenters. The van der Waals surface area contributed by atoms with E-state index in [1.54, 1.807) is 0 Å². The first kappa shape index (κ1) is 15.9. The molecule has 1 atom stereocenters. The molecule has 1 heteroatoms. The molecule has 3 aromatic rings. The Morgan fingerprint density at radius 3 is 1.96 bits per heavy atom. The second-order valence-electron chi connectivity index (χ2n) is 6.00. The molecule has 0 spiro atoms. The van der Waals surface area contributed by atoms with E-state index in [-0.39, 0.29) is 6.04 Å². The van der Waals surface area contributed by atoms with Crippen molar-refractivity contribution in [2.24, 2.45) is 0 Å². The zero-order chi connectivity index (χ0) is 16.8. The van der Waals surface area contributed by atoms with Gasteiger partial charge in [-0.25, -0.2) is 0 Å². The van der Waals surface area contributed by atoms with E-state index in [1.165, 1.54) is 16.7 Å². The predicted molar refractivity (Wildman–Crippen MR) is 102 cm³/mol. The predicted octanol–water partition coefficient (Wildman–Crippen LogP) is 5.51. The Labute approximate surface area is 144 Å². The van der Waals surface area contributed by atoms with E-state index in [9.17, 15) is 0 Å². The molecule has 118 valence electrons. The first-order valence-corrected chi connectivity index (χ1v) is 8.17. The average molecular weight is 311 g/mol. The summed E-state index contributed by atoms with van der Waals surface area (Å²) in [6, 6.07) is 26.9. The van der Waals surface area contributed by atoms with E-state index in [4.69, 9.17) is 0 Å². The maximum absolute atomic E-state index is 3.55. The van der Waals surface area contributed by atoms with E-state index in [0.717, 1.165) is 11.3 Å². The van der Waals surface area contributed by atoms with Crippen molar-refractivity contribution in [3.05, 3.63) is 101 Å². The topological polar surface area (TPSA) is 12.0 Å². The number of hydrogen-bond donors (Lipinski definition) is 1. The van der Waals surface area contributed by atoms with Crippen molar-refractivity contribution in [3.8, 4) is 11.8 Å². The summed E-state index contributed by atoms with van der Waals surface area (Å²) >= 11 is 0. The molecule has 0 aliphatic carbocycles. The van der Waals surface area contributed by atoms with Crippen LogP contribution >= 0.6 is 0 Å². The van der Waals surface area contributed by atoms with Crippen molar-refractivity contribution in [1.29, 1.82) is 0 Å². The lowest BCUT2D eigenvalue weighted by Crippen LogP contribution is -2.09. The lowest BCUT2D eigenvalue weighted by atomic mass is 10.0. The van der Waals surface area contributed by atoms with E-state index in [1.807, 2.05) is 48.5 Å². The lowest BCUT2D eigenvalue weighted by Gasteiger charge is -2.16. The van der Waals surface area contributed by atoms with Gasteiger partial charge in [-0.3, -0.25) is 0 Å². The lowest BCUT2D eigenvalue weighted by molar-refractivity contribution is 1.01. The van der Waals surface area contributed by atoms with E-state index in [0.29, 0.717) is 0 Å². The molecule has 0 amide bonds. The fourth-order valence-corrected chi connectivity index (χ4v) is 2.76. The minimum absolute atomic E-state index is 0.0498. The summed E-state index contributed by atoms with van der Waals surface area (Å²) in [6.45, 7) is 4.25. The standard InChI is InChI=1S/C23H21N/c1-18-15-19(2)17-21(16-18)23(24-22-11-7-4-8-12-22)14-13-20-9-5-3-6-10-20/h3-12,15-17,23-24H,1-2H3/t23-/m0/s1. The molecular formula is C23H21N. The van der Waals surface area contributed by atoms with E-state index in [2.05, 4.69) is 61.3 Å². The number of benzene rings is 3. The molecule has 0 aliphatic rings. The average Bonchev–Trinajstić information content (AvgIpc) is 2.59. The highest BCUT2D eigenvalue weighted by Gasteiger charge is 2.09. The Morgan fingerprint density at radius 2 is 1.33 bits per heavy atom. The number of hydrogen-bond acceptors (Lipinski definition) is 1. The maximum Gasteiger partial charge on any atom is 0.114 e. The van der Waals surface area contributed by atoms with Gasteiger partial charge in [-0.15, -0.1) is 0 Å². The van der Waals surface area contributed by atoms with Crippen LogP contribution in [0.25, 0.3) is 0 Å². The number of nitrogens with one attached hydrogen (secondary N) is 1. The maximum atomic E-state index is 3.55. The number of rotatable bonds is 3. The van der Waals surface area contributed by atoms with Gasteiger partial charge in [-0.2, -0.15) is 0 Å². The molecule has 0 saturated carbocycles. The van der Waals surface area contributed by atoms with Crippen LogP contribution in [0.2, 0.25) is 0 Å². The van der Waals surface area contributed by atoms with Gasteiger partial charge in [0.05, 0.1) is 0 Å². The van der Waals surface area contributed by atoms with Gasteiger partial charge >= 0.3 is 0 Å². The van der Waals surface area contributed by atoms with Gasteiger partial charge < -0.3 is 5.32 Å².